The fourth-order valence-corrected chi connectivity index (χ4v) is 3.48. The van der Waals surface area contributed by atoms with Gasteiger partial charge in [0.25, 0.3) is 0 Å². The number of aliphatic imine (C=N–C) groups is 1. The van der Waals surface area contributed by atoms with E-state index in [1.807, 2.05) is 35.2 Å². The lowest BCUT2D eigenvalue weighted by atomic mass is 10.1. The van der Waals surface area contributed by atoms with E-state index < -0.39 is 0 Å². The third kappa shape index (κ3) is 6.32. The Balaban J connectivity index is 1.34. The van der Waals surface area contributed by atoms with E-state index in [0.717, 1.165) is 43.1 Å². The maximum Gasteiger partial charge on any atom is 0.227 e. The van der Waals surface area contributed by atoms with Crippen LogP contribution in [0.5, 0.6) is 0 Å². The van der Waals surface area contributed by atoms with E-state index >= 15 is 0 Å². The average Bonchev–Trinajstić information content (AvgIpc) is 3.22. The molecular weight excluding hydrogens is 376 g/mol. The van der Waals surface area contributed by atoms with Crippen molar-refractivity contribution in [3.8, 4) is 0 Å². The standard InChI is InChI=1S/C24H32N4O2/c1-19(21-8-4-3-5-9-21)30-17-7-15-26-24(25-2)27-18-20-11-13-22(14-12-20)28-16-6-10-23(28)29/h3-5,8-9,11-14,19H,6-7,10,15-18H2,1-2H3,(H2,25,26,27). The number of hydrogen-bond acceptors (Lipinski definition) is 3. The summed E-state index contributed by atoms with van der Waals surface area (Å²) < 4.78 is 5.91. The number of hydrogen-bond donors (Lipinski definition) is 2. The first-order chi connectivity index (χ1) is 14.7. The minimum absolute atomic E-state index is 0.0995. The molecule has 1 amide bonds. The molecule has 0 spiro atoms. The zero-order valence-electron chi connectivity index (χ0n) is 17.9. The van der Waals surface area contributed by atoms with Crippen molar-refractivity contribution in [3.63, 3.8) is 0 Å². The monoisotopic (exact) mass is 408 g/mol. The van der Waals surface area contributed by atoms with Gasteiger partial charge in [0.2, 0.25) is 5.91 Å². The van der Waals surface area contributed by atoms with Gasteiger partial charge < -0.3 is 20.3 Å². The second-order valence-electron chi connectivity index (χ2n) is 7.45. The number of rotatable bonds is 9. The van der Waals surface area contributed by atoms with Gasteiger partial charge in [0, 0.05) is 45.4 Å². The normalized spacial score (nSPS) is 15.3. The summed E-state index contributed by atoms with van der Waals surface area (Å²) in [5.41, 5.74) is 3.32. The molecule has 1 atom stereocenters. The number of anilines is 1. The van der Waals surface area contributed by atoms with Crippen LogP contribution in [-0.2, 0) is 16.1 Å². The van der Waals surface area contributed by atoms with Crippen molar-refractivity contribution in [1.82, 2.24) is 10.6 Å². The summed E-state index contributed by atoms with van der Waals surface area (Å²) in [5.74, 6) is 0.984. The Morgan fingerprint density at radius 3 is 2.57 bits per heavy atom. The van der Waals surface area contributed by atoms with Gasteiger partial charge in [-0.1, -0.05) is 42.5 Å². The summed E-state index contributed by atoms with van der Waals surface area (Å²) in [6, 6.07) is 18.4. The predicted octanol–water partition coefficient (Wildman–Crippen LogP) is 3.65. The molecule has 2 N–H and O–H groups in total. The Morgan fingerprint density at radius 1 is 1.13 bits per heavy atom. The van der Waals surface area contributed by atoms with E-state index in [4.69, 9.17) is 4.74 Å². The van der Waals surface area contributed by atoms with Crippen LogP contribution in [0, 0.1) is 0 Å². The van der Waals surface area contributed by atoms with Crippen LogP contribution >= 0.6 is 0 Å². The molecule has 1 aliphatic heterocycles. The molecule has 0 aliphatic carbocycles. The van der Waals surface area contributed by atoms with Crippen LogP contribution in [0.1, 0.15) is 43.4 Å². The Bertz CT molecular complexity index is 821. The molecule has 0 aromatic heterocycles. The highest BCUT2D eigenvalue weighted by atomic mass is 16.5. The molecule has 0 saturated carbocycles. The van der Waals surface area contributed by atoms with Crippen molar-refractivity contribution in [1.29, 1.82) is 0 Å². The van der Waals surface area contributed by atoms with Crippen LogP contribution < -0.4 is 15.5 Å². The first-order valence-electron chi connectivity index (χ1n) is 10.7. The molecule has 0 bridgehead atoms. The molecule has 1 heterocycles. The highest BCUT2D eigenvalue weighted by molar-refractivity contribution is 5.95. The van der Waals surface area contributed by atoms with Crippen molar-refractivity contribution >= 4 is 17.6 Å². The smallest absolute Gasteiger partial charge is 0.227 e. The number of benzene rings is 2. The minimum Gasteiger partial charge on any atom is -0.374 e. The molecule has 160 valence electrons. The zero-order chi connectivity index (χ0) is 21.2. The summed E-state index contributed by atoms with van der Waals surface area (Å²) in [5, 5.41) is 6.65. The van der Waals surface area contributed by atoms with Gasteiger partial charge in [-0.3, -0.25) is 9.79 Å². The number of ether oxygens (including phenoxy) is 1. The summed E-state index contributed by atoms with van der Waals surface area (Å²) in [7, 11) is 1.77. The van der Waals surface area contributed by atoms with Crippen molar-refractivity contribution in [2.24, 2.45) is 4.99 Å². The molecule has 30 heavy (non-hydrogen) atoms. The molecule has 1 aliphatic rings. The van der Waals surface area contributed by atoms with Gasteiger partial charge in [0.05, 0.1) is 6.10 Å². The Labute approximate surface area is 179 Å². The van der Waals surface area contributed by atoms with Crippen molar-refractivity contribution in [3.05, 3.63) is 65.7 Å². The van der Waals surface area contributed by atoms with E-state index in [2.05, 4.69) is 46.8 Å². The van der Waals surface area contributed by atoms with Crippen LogP contribution in [0.25, 0.3) is 0 Å². The predicted molar refractivity (Wildman–Crippen MR) is 122 cm³/mol. The van der Waals surface area contributed by atoms with Gasteiger partial charge in [-0.25, -0.2) is 0 Å². The Kier molecular flexibility index (Phi) is 8.27. The number of carbonyl (C=O) groups excluding carboxylic acids is 1. The topological polar surface area (TPSA) is 66.0 Å². The van der Waals surface area contributed by atoms with Crippen LogP contribution in [-0.4, -0.2) is 38.6 Å². The second kappa shape index (κ2) is 11.4. The van der Waals surface area contributed by atoms with Gasteiger partial charge >= 0.3 is 0 Å². The minimum atomic E-state index is 0.0995. The Morgan fingerprint density at radius 2 is 1.90 bits per heavy atom. The van der Waals surface area contributed by atoms with E-state index in [9.17, 15) is 4.79 Å². The largest absolute Gasteiger partial charge is 0.374 e. The maximum absolute atomic E-state index is 11.9. The van der Waals surface area contributed by atoms with Crippen molar-refractivity contribution in [2.45, 2.75) is 38.8 Å². The molecule has 2 aromatic rings. The number of nitrogens with one attached hydrogen (secondary N) is 2. The van der Waals surface area contributed by atoms with Gasteiger partial charge in [-0.2, -0.15) is 0 Å². The van der Waals surface area contributed by atoms with Crippen LogP contribution in [0.3, 0.4) is 0 Å². The zero-order valence-corrected chi connectivity index (χ0v) is 17.9. The Hall–Kier alpha value is -2.86. The third-order valence-corrected chi connectivity index (χ3v) is 5.26. The number of guanidine groups is 1. The second-order valence-corrected chi connectivity index (χ2v) is 7.45. The fraction of sp³-hybridized carbons (Fsp3) is 0.417. The first-order valence-corrected chi connectivity index (χ1v) is 10.7. The fourth-order valence-electron chi connectivity index (χ4n) is 3.48. The summed E-state index contributed by atoms with van der Waals surface area (Å²) >= 11 is 0. The molecule has 6 nitrogen and oxygen atoms in total. The number of amides is 1. The van der Waals surface area contributed by atoms with Crippen LogP contribution in [0.4, 0.5) is 5.69 Å². The molecule has 1 fully saturated rings. The molecular formula is C24H32N4O2. The molecule has 0 radical (unpaired) electrons. The lowest BCUT2D eigenvalue weighted by molar-refractivity contribution is -0.117. The molecule has 2 aromatic carbocycles. The molecule has 1 saturated heterocycles. The lowest BCUT2D eigenvalue weighted by Gasteiger charge is -2.17. The van der Waals surface area contributed by atoms with Crippen LogP contribution in [0.2, 0.25) is 0 Å². The van der Waals surface area contributed by atoms with Crippen LogP contribution in [0.15, 0.2) is 59.6 Å². The van der Waals surface area contributed by atoms with Gasteiger partial charge in [-0.15, -0.1) is 0 Å². The van der Waals surface area contributed by atoms with Crippen molar-refractivity contribution < 1.29 is 9.53 Å². The first kappa shape index (κ1) is 21.8. The third-order valence-electron chi connectivity index (χ3n) is 5.26. The summed E-state index contributed by atoms with van der Waals surface area (Å²) in [4.78, 5) is 18.0. The highest BCUT2D eigenvalue weighted by Gasteiger charge is 2.21. The quantitative estimate of drug-likeness (QED) is 0.378. The lowest BCUT2D eigenvalue weighted by Crippen LogP contribution is -2.37. The van der Waals surface area contributed by atoms with E-state index in [-0.39, 0.29) is 12.0 Å². The molecule has 6 heteroatoms. The van der Waals surface area contributed by atoms with E-state index in [1.165, 1.54) is 5.56 Å². The van der Waals surface area contributed by atoms with Gasteiger partial charge in [0.15, 0.2) is 5.96 Å². The molecule has 3 rings (SSSR count). The van der Waals surface area contributed by atoms with E-state index in [0.29, 0.717) is 19.6 Å². The molecule has 1 unspecified atom stereocenters. The van der Waals surface area contributed by atoms with E-state index in [1.54, 1.807) is 7.05 Å². The average molecular weight is 409 g/mol. The summed E-state index contributed by atoms with van der Waals surface area (Å²) in [6.45, 7) is 5.05. The summed E-state index contributed by atoms with van der Waals surface area (Å²) in [6.07, 6.45) is 2.60. The highest BCUT2D eigenvalue weighted by Crippen LogP contribution is 2.21. The number of carbonyl (C=O) groups is 1. The number of nitrogens with zero attached hydrogens (tertiary/aromatic N) is 2. The maximum atomic E-state index is 11.9. The van der Waals surface area contributed by atoms with Crippen molar-refractivity contribution in [2.75, 3.05) is 31.6 Å². The van der Waals surface area contributed by atoms with Gasteiger partial charge in [-0.05, 0) is 43.0 Å². The van der Waals surface area contributed by atoms with Gasteiger partial charge in [0.1, 0.15) is 0 Å². The SMILES string of the molecule is CN=C(NCCCOC(C)c1ccccc1)NCc1ccc(N2CCCC2=O)cc1.